The molecule has 2 aromatic rings. The second kappa shape index (κ2) is 5.63. The Balaban J connectivity index is 2.49. The van der Waals surface area contributed by atoms with Crippen molar-refractivity contribution >= 4 is 21.6 Å². The molecule has 6 nitrogen and oxygen atoms in total. The lowest BCUT2D eigenvalue weighted by atomic mass is 10.2. The van der Waals surface area contributed by atoms with E-state index in [9.17, 15) is 14.5 Å². The van der Waals surface area contributed by atoms with Gasteiger partial charge in [-0.05, 0) is 28.1 Å². The number of hydrogen-bond acceptors (Lipinski definition) is 5. The van der Waals surface area contributed by atoms with Gasteiger partial charge in [-0.1, -0.05) is 6.07 Å². The highest BCUT2D eigenvalue weighted by molar-refractivity contribution is 9.10. The Labute approximate surface area is 120 Å². The van der Waals surface area contributed by atoms with Crippen molar-refractivity contribution in [3.8, 4) is 17.7 Å². The summed E-state index contributed by atoms with van der Waals surface area (Å²) in [7, 11) is 0. The number of ether oxygens (including phenoxy) is 1. The summed E-state index contributed by atoms with van der Waals surface area (Å²) in [6, 6.07) is 6.59. The molecule has 1 aromatic carbocycles. The average Bonchev–Trinajstić information content (AvgIpc) is 2.41. The summed E-state index contributed by atoms with van der Waals surface area (Å²) >= 11 is 3.05. The van der Waals surface area contributed by atoms with Gasteiger partial charge < -0.3 is 4.74 Å². The zero-order chi connectivity index (χ0) is 14.7. The zero-order valence-electron chi connectivity index (χ0n) is 9.71. The maximum atomic E-state index is 13.4. The normalized spacial score (nSPS) is 9.85. The van der Waals surface area contributed by atoms with Crippen LogP contribution in [0.2, 0.25) is 0 Å². The van der Waals surface area contributed by atoms with Crippen LogP contribution in [0.15, 0.2) is 34.9 Å². The molecule has 2 rings (SSSR count). The Kier molecular flexibility index (Phi) is 3.91. The molecule has 100 valence electrons. The lowest BCUT2D eigenvalue weighted by molar-refractivity contribution is -0.386. The maximum absolute atomic E-state index is 13.4. The molecule has 0 amide bonds. The largest absolute Gasteiger partial charge is 0.432 e. The molecular weight excluding hydrogens is 333 g/mol. The van der Waals surface area contributed by atoms with E-state index in [2.05, 4.69) is 20.9 Å². The minimum Gasteiger partial charge on any atom is -0.432 e. The van der Waals surface area contributed by atoms with Crippen LogP contribution in [0.3, 0.4) is 0 Å². The van der Waals surface area contributed by atoms with Gasteiger partial charge in [-0.2, -0.15) is 5.26 Å². The Hall–Kier alpha value is -2.53. The summed E-state index contributed by atoms with van der Waals surface area (Å²) in [5, 5.41) is 19.8. The Morgan fingerprint density at radius 1 is 1.50 bits per heavy atom. The predicted molar refractivity (Wildman–Crippen MR) is 69.8 cm³/mol. The van der Waals surface area contributed by atoms with Gasteiger partial charge in [0.1, 0.15) is 17.4 Å². The van der Waals surface area contributed by atoms with E-state index in [-0.39, 0.29) is 17.2 Å². The quantitative estimate of drug-likeness (QED) is 0.631. The van der Waals surface area contributed by atoms with Gasteiger partial charge >= 0.3 is 5.69 Å². The number of pyridine rings is 1. The van der Waals surface area contributed by atoms with E-state index in [1.165, 1.54) is 24.4 Å². The fourth-order valence-corrected chi connectivity index (χ4v) is 1.75. The minimum absolute atomic E-state index is 0.134. The first kappa shape index (κ1) is 13.9. The van der Waals surface area contributed by atoms with Crippen LogP contribution in [-0.2, 0) is 0 Å². The van der Waals surface area contributed by atoms with E-state index < -0.39 is 16.4 Å². The summed E-state index contributed by atoms with van der Waals surface area (Å²) in [5.41, 5.74) is -0.737. The lowest BCUT2D eigenvalue weighted by Crippen LogP contribution is -1.98. The number of hydrogen-bond donors (Lipinski definition) is 0. The zero-order valence-corrected chi connectivity index (χ0v) is 11.3. The van der Waals surface area contributed by atoms with Gasteiger partial charge in [-0.25, -0.2) is 9.37 Å². The number of nitro groups is 1. The van der Waals surface area contributed by atoms with Gasteiger partial charge in [0.15, 0.2) is 5.75 Å². The molecular formula is C12H5BrFN3O3. The average molecular weight is 338 g/mol. The summed E-state index contributed by atoms with van der Waals surface area (Å²) in [4.78, 5) is 14.0. The maximum Gasteiger partial charge on any atom is 0.332 e. The van der Waals surface area contributed by atoms with E-state index in [1.807, 2.05) is 0 Å². The highest BCUT2D eigenvalue weighted by atomic mass is 79.9. The molecule has 0 aliphatic heterocycles. The number of halogens is 2. The van der Waals surface area contributed by atoms with E-state index >= 15 is 0 Å². The molecule has 0 saturated carbocycles. The van der Waals surface area contributed by atoms with Crippen molar-refractivity contribution in [2.45, 2.75) is 0 Å². The van der Waals surface area contributed by atoms with E-state index in [0.29, 0.717) is 4.47 Å². The second-order valence-electron chi connectivity index (χ2n) is 3.56. The molecule has 0 aliphatic rings. The summed E-state index contributed by atoms with van der Waals surface area (Å²) < 4.78 is 19.0. The lowest BCUT2D eigenvalue weighted by Gasteiger charge is -2.07. The van der Waals surface area contributed by atoms with Crippen molar-refractivity contribution in [3.63, 3.8) is 0 Å². The van der Waals surface area contributed by atoms with Crippen LogP contribution in [0.1, 0.15) is 5.56 Å². The Morgan fingerprint density at radius 3 is 2.90 bits per heavy atom. The number of nitrogens with zero attached hydrogens (tertiary/aromatic N) is 3. The minimum atomic E-state index is -0.773. The Bertz CT molecular complexity index is 730. The molecule has 0 radical (unpaired) electrons. The highest BCUT2D eigenvalue weighted by Gasteiger charge is 2.20. The first-order chi connectivity index (χ1) is 9.52. The highest BCUT2D eigenvalue weighted by Crippen LogP contribution is 2.33. The van der Waals surface area contributed by atoms with E-state index in [1.54, 1.807) is 6.07 Å². The van der Waals surface area contributed by atoms with Crippen molar-refractivity contribution in [3.05, 3.63) is 56.4 Å². The van der Waals surface area contributed by atoms with Gasteiger partial charge in [0.25, 0.3) is 5.88 Å². The topological polar surface area (TPSA) is 89.0 Å². The van der Waals surface area contributed by atoms with Gasteiger partial charge in [0, 0.05) is 16.7 Å². The van der Waals surface area contributed by atoms with Crippen LogP contribution in [0, 0.1) is 27.3 Å². The van der Waals surface area contributed by atoms with Crippen LogP contribution < -0.4 is 4.74 Å². The molecule has 0 bridgehead atoms. The predicted octanol–water partition coefficient (Wildman–Crippen LogP) is 3.56. The van der Waals surface area contributed by atoms with Gasteiger partial charge in [0.05, 0.1) is 4.92 Å². The number of aromatic nitrogens is 1. The van der Waals surface area contributed by atoms with Crippen LogP contribution in [0.5, 0.6) is 11.6 Å². The van der Waals surface area contributed by atoms with Crippen LogP contribution >= 0.6 is 15.9 Å². The molecule has 20 heavy (non-hydrogen) atoms. The third-order valence-corrected chi connectivity index (χ3v) is 2.72. The summed E-state index contributed by atoms with van der Waals surface area (Å²) in [6.07, 6.45) is 1.30. The third kappa shape index (κ3) is 2.73. The molecule has 0 N–H and O–H groups in total. The monoisotopic (exact) mass is 337 g/mol. The van der Waals surface area contributed by atoms with Crippen molar-refractivity contribution in [2.24, 2.45) is 0 Å². The molecule has 0 saturated heterocycles. The van der Waals surface area contributed by atoms with Crippen LogP contribution in [0.4, 0.5) is 10.1 Å². The molecule has 0 fully saturated rings. The van der Waals surface area contributed by atoms with Crippen molar-refractivity contribution < 1.29 is 14.1 Å². The van der Waals surface area contributed by atoms with Gasteiger partial charge in [-0.15, -0.1) is 0 Å². The Morgan fingerprint density at radius 2 is 2.25 bits per heavy atom. The van der Waals surface area contributed by atoms with Crippen LogP contribution in [-0.4, -0.2) is 9.91 Å². The fraction of sp³-hybridized carbons (Fsp3) is 0. The summed E-state index contributed by atoms with van der Waals surface area (Å²) in [5.74, 6) is -1.23. The molecule has 1 heterocycles. The summed E-state index contributed by atoms with van der Waals surface area (Å²) in [6.45, 7) is 0. The smallest absolute Gasteiger partial charge is 0.332 e. The first-order valence-corrected chi connectivity index (χ1v) is 5.98. The van der Waals surface area contributed by atoms with Crippen molar-refractivity contribution in [2.75, 3.05) is 0 Å². The van der Waals surface area contributed by atoms with E-state index in [4.69, 9.17) is 10.00 Å². The molecule has 0 spiro atoms. The molecule has 0 unspecified atom stereocenters. The van der Waals surface area contributed by atoms with Crippen molar-refractivity contribution in [1.29, 1.82) is 5.26 Å². The van der Waals surface area contributed by atoms with Crippen LogP contribution in [0.25, 0.3) is 0 Å². The molecule has 8 heteroatoms. The SMILES string of the molecule is N#Cc1c(F)cccc1Oc1ncc(Br)cc1[N+](=O)[O-]. The molecule has 0 aliphatic carbocycles. The molecule has 0 atom stereocenters. The standard InChI is InChI=1S/C12H5BrFN3O3/c13-7-4-10(17(18)19)12(16-6-7)20-11-3-1-2-9(14)8(11)5-15/h1-4,6H. The van der Waals surface area contributed by atoms with Gasteiger partial charge in [-0.3, -0.25) is 10.1 Å². The number of benzene rings is 1. The number of nitriles is 1. The van der Waals surface area contributed by atoms with Crippen molar-refractivity contribution in [1.82, 2.24) is 4.98 Å². The fourth-order valence-electron chi connectivity index (χ4n) is 1.43. The van der Waals surface area contributed by atoms with E-state index in [0.717, 1.165) is 6.07 Å². The van der Waals surface area contributed by atoms with Gasteiger partial charge in [0.2, 0.25) is 0 Å². The molecule has 1 aromatic heterocycles. The second-order valence-corrected chi connectivity index (χ2v) is 4.48. The first-order valence-electron chi connectivity index (χ1n) is 5.19. The third-order valence-electron chi connectivity index (χ3n) is 2.29. The number of rotatable bonds is 3.